The van der Waals surface area contributed by atoms with E-state index in [2.05, 4.69) is 0 Å². The molecule has 10 heteroatoms. The van der Waals surface area contributed by atoms with Gasteiger partial charge in [-0.25, -0.2) is 9.59 Å². The summed E-state index contributed by atoms with van der Waals surface area (Å²) in [5, 5.41) is 0. The largest absolute Gasteiger partial charge is 0.497 e. The van der Waals surface area contributed by atoms with Gasteiger partial charge in [0.25, 0.3) is 0 Å². The van der Waals surface area contributed by atoms with Crippen LogP contribution in [0.4, 0.5) is 5.69 Å². The second-order valence-electron chi connectivity index (χ2n) is 6.78. The Balaban J connectivity index is 2.87. The standard InChI is InChI=1S/C22H30NO8P/c1-8-30-21(24)18-14(3)23(16-10-12-17(27-5)13-11-16)15(4)19(22(25)31-9-2)20(18)32(26,28-6)29-7/h10-13,20H,8-9H2,1-7H3. The lowest BCUT2D eigenvalue weighted by Gasteiger charge is -2.39. The maximum absolute atomic E-state index is 13.6. The average molecular weight is 467 g/mol. The van der Waals surface area contributed by atoms with Gasteiger partial charge < -0.3 is 28.2 Å². The SMILES string of the molecule is CCOC(=O)C1=C(C)N(c2ccc(OC)cc2)C(C)=C(C(=O)OCC)C1P(=O)(OC)OC. The van der Waals surface area contributed by atoms with E-state index in [0.29, 0.717) is 22.8 Å². The normalized spacial score (nSPS) is 15.2. The monoisotopic (exact) mass is 467 g/mol. The number of hydrogen-bond donors (Lipinski definition) is 0. The predicted octanol–water partition coefficient (Wildman–Crippen LogP) is 4.04. The van der Waals surface area contributed by atoms with Gasteiger partial charge in [-0.2, -0.15) is 0 Å². The highest BCUT2D eigenvalue weighted by molar-refractivity contribution is 7.55. The predicted molar refractivity (Wildman–Crippen MR) is 120 cm³/mol. The second kappa shape index (κ2) is 10.8. The van der Waals surface area contributed by atoms with Crippen molar-refractivity contribution in [1.29, 1.82) is 0 Å². The molecule has 0 aromatic heterocycles. The number of ether oxygens (including phenoxy) is 3. The van der Waals surface area contributed by atoms with Crippen LogP contribution in [0, 0.1) is 0 Å². The third-order valence-electron chi connectivity index (χ3n) is 5.14. The molecule has 0 saturated heterocycles. The van der Waals surface area contributed by atoms with E-state index in [-0.39, 0.29) is 24.4 Å². The van der Waals surface area contributed by atoms with Gasteiger partial charge in [0.1, 0.15) is 11.4 Å². The molecule has 0 atom stereocenters. The molecule has 0 aliphatic carbocycles. The summed E-state index contributed by atoms with van der Waals surface area (Å²) in [4.78, 5) is 27.9. The van der Waals surface area contributed by atoms with E-state index in [0.717, 1.165) is 0 Å². The van der Waals surface area contributed by atoms with Crippen molar-refractivity contribution in [3.8, 4) is 5.75 Å². The molecule has 1 heterocycles. The van der Waals surface area contributed by atoms with Gasteiger partial charge >= 0.3 is 19.5 Å². The third kappa shape index (κ3) is 4.75. The van der Waals surface area contributed by atoms with Crippen molar-refractivity contribution in [1.82, 2.24) is 0 Å². The molecule has 0 saturated carbocycles. The van der Waals surface area contributed by atoms with Crippen LogP contribution in [-0.2, 0) is 32.7 Å². The highest BCUT2D eigenvalue weighted by atomic mass is 31.2. The number of esters is 2. The summed E-state index contributed by atoms with van der Waals surface area (Å²) in [5.41, 5.74) is 0.210. The van der Waals surface area contributed by atoms with Gasteiger partial charge in [-0.15, -0.1) is 0 Å². The van der Waals surface area contributed by atoms with Crippen molar-refractivity contribution in [2.45, 2.75) is 33.4 Å². The molecule has 0 bridgehead atoms. The second-order valence-corrected chi connectivity index (χ2v) is 9.11. The average Bonchev–Trinajstić information content (AvgIpc) is 2.78. The molecule has 32 heavy (non-hydrogen) atoms. The van der Waals surface area contributed by atoms with Gasteiger partial charge in [-0.3, -0.25) is 4.57 Å². The van der Waals surface area contributed by atoms with Crippen LogP contribution >= 0.6 is 7.60 Å². The lowest BCUT2D eigenvalue weighted by Crippen LogP contribution is -2.39. The van der Waals surface area contributed by atoms with Crippen molar-refractivity contribution in [2.75, 3.05) is 39.4 Å². The molecule has 9 nitrogen and oxygen atoms in total. The molecule has 1 aliphatic heterocycles. The van der Waals surface area contributed by atoms with Crippen molar-refractivity contribution >= 4 is 25.2 Å². The van der Waals surface area contributed by atoms with Crippen LogP contribution in [0.3, 0.4) is 0 Å². The van der Waals surface area contributed by atoms with Crippen LogP contribution in [0.5, 0.6) is 5.75 Å². The van der Waals surface area contributed by atoms with Crippen LogP contribution in [-0.4, -0.2) is 52.1 Å². The molecule has 0 spiro atoms. The van der Waals surface area contributed by atoms with E-state index in [1.807, 2.05) is 0 Å². The van der Waals surface area contributed by atoms with E-state index in [1.165, 1.54) is 14.2 Å². The lowest BCUT2D eigenvalue weighted by atomic mass is 9.95. The summed E-state index contributed by atoms with van der Waals surface area (Å²) in [6, 6.07) is 7.07. The highest BCUT2D eigenvalue weighted by Crippen LogP contribution is 2.60. The van der Waals surface area contributed by atoms with Crippen molar-refractivity contribution in [3.63, 3.8) is 0 Å². The molecule has 0 unspecified atom stereocenters. The fourth-order valence-corrected chi connectivity index (χ4v) is 5.48. The van der Waals surface area contributed by atoms with Gasteiger partial charge in [-0.05, 0) is 52.0 Å². The molecule has 2 rings (SSSR count). The number of allylic oxidation sites excluding steroid dienone is 2. The first kappa shape index (κ1) is 25.6. The smallest absolute Gasteiger partial charge is 0.342 e. The van der Waals surface area contributed by atoms with Crippen LogP contribution in [0.15, 0.2) is 46.8 Å². The van der Waals surface area contributed by atoms with Gasteiger partial charge in [-0.1, -0.05) is 0 Å². The number of nitrogens with zero attached hydrogens (tertiary/aromatic N) is 1. The molecule has 1 aromatic rings. The molecular formula is C22H30NO8P. The fraction of sp³-hybridized carbons (Fsp3) is 0.455. The first-order valence-electron chi connectivity index (χ1n) is 10.1. The first-order chi connectivity index (χ1) is 15.2. The van der Waals surface area contributed by atoms with E-state index in [4.69, 9.17) is 23.3 Å². The van der Waals surface area contributed by atoms with Crippen LogP contribution in [0.25, 0.3) is 0 Å². The molecule has 176 valence electrons. The maximum atomic E-state index is 13.6. The number of methoxy groups -OCH3 is 1. The molecule has 0 fully saturated rings. The van der Waals surface area contributed by atoms with Crippen molar-refractivity contribution in [3.05, 3.63) is 46.8 Å². The number of benzene rings is 1. The first-order valence-corrected chi connectivity index (χ1v) is 11.7. The summed E-state index contributed by atoms with van der Waals surface area (Å²) < 4.78 is 39.8. The Hall–Kier alpha value is -2.61. The number of anilines is 1. The summed E-state index contributed by atoms with van der Waals surface area (Å²) in [5.74, 6) is -0.805. The Morgan fingerprint density at radius 1 is 0.875 bits per heavy atom. The summed E-state index contributed by atoms with van der Waals surface area (Å²) >= 11 is 0. The number of rotatable bonds is 9. The zero-order valence-corrected chi connectivity index (χ0v) is 20.4. The van der Waals surface area contributed by atoms with Gasteiger partial charge in [0.15, 0.2) is 0 Å². The van der Waals surface area contributed by atoms with E-state index >= 15 is 0 Å². The molecule has 0 amide bonds. The fourth-order valence-electron chi connectivity index (χ4n) is 3.69. The minimum atomic E-state index is -3.99. The Morgan fingerprint density at radius 2 is 1.31 bits per heavy atom. The minimum Gasteiger partial charge on any atom is -0.497 e. The van der Waals surface area contributed by atoms with Gasteiger partial charge in [0, 0.05) is 31.3 Å². The highest BCUT2D eigenvalue weighted by Gasteiger charge is 2.50. The number of hydrogen-bond acceptors (Lipinski definition) is 9. The summed E-state index contributed by atoms with van der Waals surface area (Å²) in [6.45, 7) is 6.87. The summed E-state index contributed by atoms with van der Waals surface area (Å²) in [7, 11) is -0.0270. The molecule has 0 radical (unpaired) electrons. The Morgan fingerprint density at radius 3 is 1.66 bits per heavy atom. The third-order valence-corrected chi connectivity index (χ3v) is 7.31. The van der Waals surface area contributed by atoms with Gasteiger partial charge in [0.2, 0.25) is 0 Å². The number of carbonyl (C=O) groups is 2. The molecule has 1 aliphatic rings. The van der Waals surface area contributed by atoms with E-state index in [1.54, 1.807) is 64.0 Å². The maximum Gasteiger partial charge on any atom is 0.342 e. The van der Waals surface area contributed by atoms with Crippen molar-refractivity contribution < 1.29 is 37.4 Å². The van der Waals surface area contributed by atoms with Crippen LogP contribution in [0.2, 0.25) is 0 Å². The molecule has 0 N–H and O–H groups in total. The Labute approximate surface area is 188 Å². The van der Waals surface area contributed by atoms with E-state index < -0.39 is 25.2 Å². The quantitative estimate of drug-likeness (QED) is 0.393. The number of carbonyl (C=O) groups excluding carboxylic acids is 2. The van der Waals surface area contributed by atoms with E-state index in [9.17, 15) is 14.2 Å². The molecule has 1 aromatic carbocycles. The minimum absolute atomic E-state index is 0.00311. The topological polar surface area (TPSA) is 101 Å². The zero-order chi connectivity index (χ0) is 24.1. The van der Waals surface area contributed by atoms with Gasteiger partial charge in [0.05, 0.1) is 31.5 Å². The van der Waals surface area contributed by atoms with Crippen molar-refractivity contribution in [2.24, 2.45) is 0 Å². The van der Waals surface area contributed by atoms with Crippen LogP contribution in [0.1, 0.15) is 27.7 Å². The Kier molecular flexibility index (Phi) is 8.66. The Bertz CT molecular complexity index is 917. The van der Waals surface area contributed by atoms with Crippen LogP contribution < -0.4 is 9.64 Å². The zero-order valence-electron chi connectivity index (χ0n) is 19.5. The summed E-state index contributed by atoms with van der Waals surface area (Å²) in [6.07, 6.45) is 0. The lowest BCUT2D eigenvalue weighted by molar-refractivity contribution is -0.139. The molecular weight excluding hydrogens is 437 g/mol.